The van der Waals surface area contributed by atoms with Crippen molar-refractivity contribution in [1.29, 1.82) is 0 Å². The molecule has 1 aromatic heterocycles. The van der Waals surface area contributed by atoms with E-state index < -0.39 is 0 Å². The van der Waals surface area contributed by atoms with E-state index in [2.05, 4.69) is 21.8 Å². The zero-order valence-electron chi connectivity index (χ0n) is 9.90. The molecule has 0 unspecified atom stereocenters. The number of hydrogen-bond donors (Lipinski definition) is 0. The molecule has 1 aromatic rings. The van der Waals surface area contributed by atoms with Crippen molar-refractivity contribution in [2.75, 3.05) is 39.8 Å². The smallest absolute Gasteiger partial charge is 0.178 e. The molecule has 92 valence electrons. The number of halogens is 1. The molecule has 4 nitrogen and oxygen atoms in total. The summed E-state index contributed by atoms with van der Waals surface area (Å²) in [6.07, 6.45) is 1.54. The lowest BCUT2D eigenvalue weighted by Crippen LogP contribution is -2.46. The summed E-state index contributed by atoms with van der Waals surface area (Å²) in [6, 6.07) is 3.38. The molecule has 0 amide bonds. The molecule has 1 fully saturated rings. The van der Waals surface area contributed by atoms with Gasteiger partial charge in [0.25, 0.3) is 0 Å². The summed E-state index contributed by atoms with van der Waals surface area (Å²) >= 11 is 5.69. The van der Waals surface area contributed by atoms with Crippen LogP contribution in [0, 0.1) is 0 Å². The summed E-state index contributed by atoms with van der Waals surface area (Å²) in [6.45, 7) is 4.40. The number of aromatic nitrogens is 1. The number of rotatable bonds is 3. The molecule has 0 bridgehead atoms. The van der Waals surface area contributed by atoms with Crippen LogP contribution in [0.1, 0.15) is 10.4 Å². The van der Waals surface area contributed by atoms with E-state index >= 15 is 0 Å². The second kappa shape index (κ2) is 5.58. The Balaban J connectivity index is 1.91. The summed E-state index contributed by atoms with van der Waals surface area (Å²) in [5.74, 6) is 0.110. The molecule has 17 heavy (non-hydrogen) atoms. The van der Waals surface area contributed by atoms with Gasteiger partial charge in [-0.05, 0) is 19.2 Å². The number of Topliss-reactive ketones (excluding diaryl/α,β-unsaturated/α-hetero) is 1. The van der Waals surface area contributed by atoms with Gasteiger partial charge >= 0.3 is 0 Å². The van der Waals surface area contributed by atoms with Crippen LogP contribution in [0.5, 0.6) is 0 Å². The van der Waals surface area contributed by atoms with Crippen LogP contribution < -0.4 is 0 Å². The number of hydrogen-bond acceptors (Lipinski definition) is 4. The highest BCUT2D eigenvalue weighted by Gasteiger charge is 2.17. The van der Waals surface area contributed by atoms with Gasteiger partial charge in [-0.3, -0.25) is 9.69 Å². The van der Waals surface area contributed by atoms with Crippen molar-refractivity contribution < 1.29 is 4.79 Å². The van der Waals surface area contributed by atoms with Crippen LogP contribution in [-0.2, 0) is 0 Å². The molecule has 2 heterocycles. The second-order valence-corrected chi connectivity index (χ2v) is 4.76. The van der Waals surface area contributed by atoms with E-state index in [4.69, 9.17) is 11.6 Å². The van der Waals surface area contributed by atoms with E-state index in [9.17, 15) is 4.79 Å². The molecule has 0 radical (unpaired) electrons. The average molecular weight is 254 g/mol. The van der Waals surface area contributed by atoms with Gasteiger partial charge in [-0.1, -0.05) is 11.6 Å². The number of ketones is 1. The minimum atomic E-state index is 0.110. The summed E-state index contributed by atoms with van der Waals surface area (Å²) in [4.78, 5) is 20.3. The molecule has 1 aliphatic rings. The van der Waals surface area contributed by atoms with Crippen LogP contribution in [-0.4, -0.2) is 60.3 Å². The van der Waals surface area contributed by atoms with Gasteiger partial charge in [-0.15, -0.1) is 0 Å². The Bertz CT molecular complexity index is 385. The van der Waals surface area contributed by atoms with Crippen molar-refractivity contribution in [1.82, 2.24) is 14.8 Å². The van der Waals surface area contributed by atoms with E-state index in [1.807, 2.05) is 0 Å². The molecule has 5 heteroatoms. The molecule has 0 aromatic carbocycles. The van der Waals surface area contributed by atoms with Crippen LogP contribution in [0.25, 0.3) is 0 Å². The molecule has 0 saturated carbocycles. The van der Waals surface area contributed by atoms with E-state index in [0.29, 0.717) is 17.3 Å². The minimum Gasteiger partial charge on any atom is -0.304 e. The number of pyridine rings is 1. The Morgan fingerprint density at radius 1 is 1.35 bits per heavy atom. The zero-order valence-corrected chi connectivity index (χ0v) is 10.7. The number of carbonyl (C=O) groups excluding carboxylic acids is 1. The molecule has 1 aliphatic heterocycles. The van der Waals surface area contributed by atoms with Crippen molar-refractivity contribution in [3.05, 3.63) is 29.0 Å². The molecular formula is C12H16ClN3O. The maximum atomic E-state index is 12.0. The number of carbonyl (C=O) groups is 1. The average Bonchev–Trinajstić information content (AvgIpc) is 2.33. The molecule has 0 spiro atoms. The van der Waals surface area contributed by atoms with Crippen molar-refractivity contribution in [3.63, 3.8) is 0 Å². The zero-order chi connectivity index (χ0) is 12.3. The van der Waals surface area contributed by atoms with E-state index in [0.717, 1.165) is 26.2 Å². The third-order valence-electron chi connectivity index (χ3n) is 3.01. The third kappa shape index (κ3) is 3.49. The largest absolute Gasteiger partial charge is 0.304 e. The van der Waals surface area contributed by atoms with E-state index in [1.54, 1.807) is 18.3 Å². The van der Waals surface area contributed by atoms with Crippen LogP contribution >= 0.6 is 11.6 Å². The molecule has 2 rings (SSSR count). The molecule has 1 saturated heterocycles. The predicted molar refractivity (Wildman–Crippen MR) is 67.5 cm³/mol. The Morgan fingerprint density at radius 3 is 2.65 bits per heavy atom. The Labute approximate surface area is 106 Å². The maximum absolute atomic E-state index is 12.0. The fourth-order valence-electron chi connectivity index (χ4n) is 1.84. The van der Waals surface area contributed by atoms with Crippen molar-refractivity contribution >= 4 is 17.4 Å². The van der Waals surface area contributed by atoms with Gasteiger partial charge in [0.1, 0.15) is 5.15 Å². The van der Waals surface area contributed by atoms with Crippen LogP contribution in [0.4, 0.5) is 0 Å². The lowest BCUT2D eigenvalue weighted by atomic mass is 10.1. The standard InChI is InChI=1S/C12H16ClN3O/c1-15-4-6-16(7-5-15)9-11(17)10-2-3-12(13)14-8-10/h2-3,8H,4-7,9H2,1H3. The van der Waals surface area contributed by atoms with Crippen LogP contribution in [0.3, 0.4) is 0 Å². The minimum absolute atomic E-state index is 0.110. The van der Waals surface area contributed by atoms with E-state index in [1.165, 1.54) is 0 Å². The van der Waals surface area contributed by atoms with Gasteiger partial charge in [0.2, 0.25) is 0 Å². The highest BCUT2D eigenvalue weighted by atomic mass is 35.5. The molecular weight excluding hydrogens is 238 g/mol. The van der Waals surface area contributed by atoms with E-state index in [-0.39, 0.29) is 5.78 Å². The van der Waals surface area contributed by atoms with Gasteiger partial charge in [-0.25, -0.2) is 4.98 Å². The summed E-state index contributed by atoms with van der Waals surface area (Å²) < 4.78 is 0. The van der Waals surface area contributed by atoms with Crippen molar-refractivity contribution in [3.8, 4) is 0 Å². The van der Waals surface area contributed by atoms with Gasteiger partial charge < -0.3 is 4.90 Å². The lowest BCUT2D eigenvalue weighted by molar-refractivity contribution is 0.0876. The SMILES string of the molecule is CN1CCN(CC(=O)c2ccc(Cl)nc2)CC1. The maximum Gasteiger partial charge on any atom is 0.178 e. The first kappa shape index (κ1) is 12.5. The number of nitrogens with zero attached hydrogens (tertiary/aromatic N) is 3. The highest BCUT2D eigenvalue weighted by Crippen LogP contribution is 2.07. The molecule has 0 atom stereocenters. The Morgan fingerprint density at radius 2 is 2.06 bits per heavy atom. The number of likely N-dealkylation sites (N-methyl/N-ethyl adjacent to an activating group) is 1. The predicted octanol–water partition coefficient (Wildman–Crippen LogP) is 1.17. The van der Waals surface area contributed by atoms with Gasteiger partial charge in [0, 0.05) is 37.9 Å². The monoisotopic (exact) mass is 253 g/mol. The quantitative estimate of drug-likeness (QED) is 0.599. The van der Waals surface area contributed by atoms with Crippen LogP contribution in [0.2, 0.25) is 5.15 Å². The normalized spacial score (nSPS) is 18.2. The summed E-state index contributed by atoms with van der Waals surface area (Å²) in [5, 5.41) is 0.418. The Kier molecular flexibility index (Phi) is 4.10. The van der Waals surface area contributed by atoms with Gasteiger partial charge in [0.05, 0.1) is 6.54 Å². The fourth-order valence-corrected chi connectivity index (χ4v) is 1.95. The number of piperazine rings is 1. The fraction of sp³-hybridized carbons (Fsp3) is 0.500. The van der Waals surface area contributed by atoms with Gasteiger partial charge in [0.15, 0.2) is 5.78 Å². The third-order valence-corrected chi connectivity index (χ3v) is 3.24. The van der Waals surface area contributed by atoms with Crippen molar-refractivity contribution in [2.24, 2.45) is 0 Å². The molecule has 0 N–H and O–H groups in total. The summed E-state index contributed by atoms with van der Waals surface area (Å²) in [7, 11) is 2.10. The first-order valence-electron chi connectivity index (χ1n) is 5.71. The molecule has 0 aliphatic carbocycles. The van der Waals surface area contributed by atoms with Crippen molar-refractivity contribution in [2.45, 2.75) is 0 Å². The topological polar surface area (TPSA) is 36.4 Å². The first-order valence-corrected chi connectivity index (χ1v) is 6.08. The van der Waals surface area contributed by atoms with Gasteiger partial charge in [-0.2, -0.15) is 0 Å². The first-order chi connectivity index (χ1) is 8.15. The summed E-state index contributed by atoms with van der Waals surface area (Å²) in [5.41, 5.74) is 0.633. The highest BCUT2D eigenvalue weighted by molar-refractivity contribution is 6.29. The van der Waals surface area contributed by atoms with Crippen LogP contribution in [0.15, 0.2) is 18.3 Å². The Hall–Kier alpha value is -0.970. The lowest BCUT2D eigenvalue weighted by Gasteiger charge is -2.31. The second-order valence-electron chi connectivity index (χ2n) is 4.37.